The highest BCUT2D eigenvalue weighted by molar-refractivity contribution is 7.99. The molecule has 0 aromatic rings. The summed E-state index contributed by atoms with van der Waals surface area (Å²) in [4.78, 5) is 11.7. The third-order valence-corrected chi connectivity index (χ3v) is 4.64. The van der Waals surface area contributed by atoms with E-state index < -0.39 is 0 Å². The van der Waals surface area contributed by atoms with E-state index in [0.29, 0.717) is 31.7 Å². The van der Waals surface area contributed by atoms with E-state index in [-0.39, 0.29) is 18.3 Å². The van der Waals surface area contributed by atoms with Crippen LogP contribution in [-0.2, 0) is 9.53 Å². The molecule has 1 saturated carbocycles. The van der Waals surface area contributed by atoms with Gasteiger partial charge in [0.2, 0.25) is 5.91 Å². The van der Waals surface area contributed by atoms with E-state index in [1.54, 1.807) is 0 Å². The van der Waals surface area contributed by atoms with Crippen molar-refractivity contribution in [1.82, 2.24) is 10.6 Å². The van der Waals surface area contributed by atoms with Crippen LogP contribution in [0.25, 0.3) is 0 Å². The second-order valence-electron chi connectivity index (χ2n) is 5.06. The lowest BCUT2D eigenvalue weighted by Gasteiger charge is -2.22. The molecule has 6 heteroatoms. The third kappa shape index (κ3) is 6.84. The predicted molar refractivity (Wildman–Crippen MR) is 82.2 cm³/mol. The van der Waals surface area contributed by atoms with E-state index in [2.05, 4.69) is 10.6 Å². The normalized spacial score (nSPS) is 23.9. The number of rotatable bonds is 6. The Kier molecular flexibility index (Phi) is 8.86. The molecule has 0 bridgehead atoms. The Labute approximate surface area is 126 Å². The molecular formula is C13H25ClN2O2S. The fourth-order valence-corrected chi connectivity index (χ4v) is 3.47. The summed E-state index contributed by atoms with van der Waals surface area (Å²) in [5.74, 6) is 2.35. The molecule has 19 heavy (non-hydrogen) atoms. The van der Waals surface area contributed by atoms with Crippen LogP contribution in [0.2, 0.25) is 0 Å². The molecule has 112 valence electrons. The SMILES string of the molecule is Cl.O=C(CC1CSCCN1)NCCOC1CCCC1. The molecule has 0 aromatic carbocycles. The number of ether oxygens (including phenoxy) is 1. The van der Waals surface area contributed by atoms with Gasteiger partial charge in [-0.15, -0.1) is 12.4 Å². The average Bonchev–Trinajstić information content (AvgIpc) is 2.89. The topological polar surface area (TPSA) is 50.4 Å². The number of hydrogen-bond donors (Lipinski definition) is 2. The standard InChI is InChI=1S/C13H24N2O2S.ClH/c16-13(9-11-10-18-8-6-14-11)15-5-7-17-12-3-1-2-4-12;/h11-12,14H,1-10H2,(H,15,16);1H. The van der Waals surface area contributed by atoms with Gasteiger partial charge in [-0.25, -0.2) is 0 Å². The molecule has 1 unspecified atom stereocenters. The highest BCUT2D eigenvalue weighted by Crippen LogP contribution is 2.20. The van der Waals surface area contributed by atoms with Crippen LogP contribution in [0.3, 0.4) is 0 Å². The van der Waals surface area contributed by atoms with E-state index in [1.165, 1.54) is 25.7 Å². The van der Waals surface area contributed by atoms with E-state index in [1.807, 2.05) is 11.8 Å². The Hall–Kier alpha value is 0.0300. The minimum absolute atomic E-state index is 0. The molecule has 1 heterocycles. The number of nitrogens with one attached hydrogen (secondary N) is 2. The van der Waals surface area contributed by atoms with Crippen LogP contribution in [-0.4, -0.2) is 49.3 Å². The van der Waals surface area contributed by atoms with E-state index in [9.17, 15) is 4.79 Å². The number of carbonyl (C=O) groups is 1. The lowest BCUT2D eigenvalue weighted by Crippen LogP contribution is -2.41. The fraction of sp³-hybridized carbons (Fsp3) is 0.923. The van der Waals surface area contributed by atoms with Gasteiger partial charge < -0.3 is 15.4 Å². The minimum Gasteiger partial charge on any atom is -0.376 e. The van der Waals surface area contributed by atoms with Crippen LogP contribution in [0, 0.1) is 0 Å². The van der Waals surface area contributed by atoms with Crippen molar-refractivity contribution in [2.45, 2.75) is 44.2 Å². The molecular weight excluding hydrogens is 284 g/mol. The molecule has 0 spiro atoms. The molecule has 4 nitrogen and oxygen atoms in total. The molecule has 1 aliphatic carbocycles. The summed E-state index contributed by atoms with van der Waals surface area (Å²) in [5.41, 5.74) is 0. The van der Waals surface area contributed by atoms with Crippen LogP contribution in [0.5, 0.6) is 0 Å². The van der Waals surface area contributed by atoms with Crippen molar-refractivity contribution >= 4 is 30.1 Å². The second-order valence-corrected chi connectivity index (χ2v) is 6.21. The second kappa shape index (κ2) is 9.86. The Morgan fingerprint density at radius 2 is 2.16 bits per heavy atom. The number of hydrogen-bond acceptors (Lipinski definition) is 4. The Morgan fingerprint density at radius 1 is 1.37 bits per heavy atom. The molecule has 2 rings (SSSR count). The Bertz CT molecular complexity index is 257. The molecule has 0 radical (unpaired) electrons. The van der Waals surface area contributed by atoms with E-state index in [4.69, 9.17) is 4.74 Å². The van der Waals surface area contributed by atoms with Gasteiger partial charge in [0, 0.05) is 37.1 Å². The van der Waals surface area contributed by atoms with Gasteiger partial charge in [-0.05, 0) is 12.8 Å². The molecule has 1 aliphatic heterocycles. The number of amides is 1. The van der Waals surface area contributed by atoms with Crippen LogP contribution >= 0.6 is 24.2 Å². The first-order valence-corrected chi connectivity index (χ1v) is 8.19. The van der Waals surface area contributed by atoms with Crippen molar-refractivity contribution in [3.05, 3.63) is 0 Å². The third-order valence-electron chi connectivity index (χ3n) is 3.51. The van der Waals surface area contributed by atoms with Crippen LogP contribution in [0.4, 0.5) is 0 Å². The minimum atomic E-state index is 0. The molecule has 0 aromatic heterocycles. The summed E-state index contributed by atoms with van der Waals surface area (Å²) in [5, 5.41) is 6.31. The average molecular weight is 309 g/mol. The van der Waals surface area contributed by atoms with Crippen molar-refractivity contribution in [3.8, 4) is 0 Å². The van der Waals surface area contributed by atoms with Crippen molar-refractivity contribution in [1.29, 1.82) is 0 Å². The fourth-order valence-electron chi connectivity index (χ4n) is 2.52. The molecule has 2 fully saturated rings. The lowest BCUT2D eigenvalue weighted by molar-refractivity contribution is -0.121. The molecule has 2 N–H and O–H groups in total. The maximum absolute atomic E-state index is 11.7. The first-order chi connectivity index (χ1) is 8.84. The summed E-state index contributed by atoms with van der Waals surface area (Å²) >= 11 is 1.92. The van der Waals surface area contributed by atoms with Gasteiger partial charge in [0.05, 0.1) is 12.7 Å². The van der Waals surface area contributed by atoms with Gasteiger partial charge >= 0.3 is 0 Å². The Morgan fingerprint density at radius 3 is 2.84 bits per heavy atom. The van der Waals surface area contributed by atoms with Gasteiger partial charge in [0.15, 0.2) is 0 Å². The summed E-state index contributed by atoms with van der Waals surface area (Å²) in [6.45, 7) is 2.33. The maximum Gasteiger partial charge on any atom is 0.221 e. The zero-order valence-corrected chi connectivity index (χ0v) is 13.0. The molecule has 1 saturated heterocycles. The van der Waals surface area contributed by atoms with Gasteiger partial charge in [0.1, 0.15) is 0 Å². The molecule has 1 amide bonds. The van der Waals surface area contributed by atoms with E-state index >= 15 is 0 Å². The van der Waals surface area contributed by atoms with Gasteiger partial charge in [-0.1, -0.05) is 12.8 Å². The van der Waals surface area contributed by atoms with Crippen LogP contribution in [0.15, 0.2) is 0 Å². The smallest absolute Gasteiger partial charge is 0.221 e. The molecule has 1 atom stereocenters. The summed E-state index contributed by atoms with van der Waals surface area (Å²) in [6, 6.07) is 0.347. The quantitative estimate of drug-likeness (QED) is 0.732. The number of halogens is 1. The van der Waals surface area contributed by atoms with E-state index in [0.717, 1.165) is 18.1 Å². The van der Waals surface area contributed by atoms with Gasteiger partial charge in [-0.3, -0.25) is 4.79 Å². The highest BCUT2D eigenvalue weighted by Gasteiger charge is 2.17. The number of thioether (sulfide) groups is 1. The first-order valence-electron chi connectivity index (χ1n) is 7.04. The number of carbonyl (C=O) groups excluding carboxylic acids is 1. The lowest BCUT2D eigenvalue weighted by atomic mass is 10.2. The van der Waals surface area contributed by atoms with Crippen molar-refractivity contribution in [2.75, 3.05) is 31.2 Å². The van der Waals surface area contributed by atoms with Crippen molar-refractivity contribution in [2.24, 2.45) is 0 Å². The van der Waals surface area contributed by atoms with Crippen molar-refractivity contribution < 1.29 is 9.53 Å². The summed E-state index contributed by atoms with van der Waals surface area (Å²) in [7, 11) is 0. The predicted octanol–water partition coefficient (Wildman–Crippen LogP) is 1.58. The van der Waals surface area contributed by atoms with Crippen molar-refractivity contribution in [3.63, 3.8) is 0 Å². The van der Waals surface area contributed by atoms with Gasteiger partial charge in [-0.2, -0.15) is 11.8 Å². The van der Waals surface area contributed by atoms with Crippen LogP contribution in [0.1, 0.15) is 32.1 Å². The van der Waals surface area contributed by atoms with Crippen LogP contribution < -0.4 is 10.6 Å². The highest BCUT2D eigenvalue weighted by atomic mass is 35.5. The summed E-state index contributed by atoms with van der Waals surface area (Å²) < 4.78 is 5.71. The molecule has 2 aliphatic rings. The largest absolute Gasteiger partial charge is 0.376 e. The Balaban J connectivity index is 0.00000180. The summed E-state index contributed by atoms with van der Waals surface area (Å²) in [6.07, 6.45) is 6.01. The zero-order chi connectivity index (χ0) is 12.6. The maximum atomic E-state index is 11.7. The first kappa shape index (κ1) is 17.1. The van der Waals surface area contributed by atoms with Gasteiger partial charge in [0.25, 0.3) is 0 Å². The zero-order valence-electron chi connectivity index (χ0n) is 11.4. The monoisotopic (exact) mass is 308 g/mol.